The third-order valence-corrected chi connectivity index (χ3v) is 12.7. The summed E-state index contributed by atoms with van der Waals surface area (Å²) in [4.78, 5) is 82.9. The summed E-state index contributed by atoms with van der Waals surface area (Å²) in [5, 5.41) is 29.4. The maximum Gasteiger partial charge on any atom is 0.261 e. The first-order valence-electron chi connectivity index (χ1n) is 22.3. The highest BCUT2D eigenvalue weighted by molar-refractivity contribution is 6.50. The molecule has 0 saturated carbocycles. The number of aliphatic hydroxyl groups excluding tert-OH is 1. The minimum absolute atomic E-state index is 0.100. The van der Waals surface area contributed by atoms with Gasteiger partial charge in [0.2, 0.25) is 17.8 Å². The van der Waals surface area contributed by atoms with Crippen molar-refractivity contribution in [3.8, 4) is 0 Å². The molecule has 0 aliphatic carbocycles. The highest BCUT2D eigenvalue weighted by atomic mass is 16.5. The number of unbranched alkanes of at least 4 members (excludes halogenated alkanes) is 1. The Morgan fingerprint density at radius 2 is 1.61 bits per heavy atom. The second kappa shape index (κ2) is 18.3. The zero-order valence-electron chi connectivity index (χ0n) is 36.0. The number of nitrogens with one attached hydrogen (secondary N) is 4. The number of anilines is 2. The first-order valence-corrected chi connectivity index (χ1v) is 22.3. The molecule has 5 N–H and O–H groups in total. The van der Waals surface area contributed by atoms with Gasteiger partial charge in [0.05, 0.1) is 34.7 Å². The van der Waals surface area contributed by atoms with Gasteiger partial charge in [-0.15, -0.1) is 5.10 Å². The molecule has 0 bridgehead atoms. The number of ether oxygens (including phenoxy) is 1. The van der Waals surface area contributed by atoms with Crippen molar-refractivity contribution in [2.24, 2.45) is 0 Å². The van der Waals surface area contributed by atoms with E-state index in [0.29, 0.717) is 96.3 Å². The molecule has 3 aromatic carbocycles. The molecule has 2 fully saturated rings. The molecule has 5 amide bonds. The lowest BCUT2D eigenvalue weighted by Crippen LogP contribution is -2.53. The normalized spacial score (nSPS) is 19.1. The van der Waals surface area contributed by atoms with Crippen LogP contribution in [0.25, 0.3) is 33.0 Å². The second-order valence-electron chi connectivity index (χ2n) is 16.8. The second-order valence-corrected chi connectivity index (χ2v) is 16.8. The highest BCUT2D eigenvalue weighted by Gasteiger charge is 2.45. The summed E-state index contributed by atoms with van der Waals surface area (Å²) in [6.07, 6.45) is 4.92. The van der Waals surface area contributed by atoms with Crippen LogP contribution in [0.2, 0.25) is 0 Å². The maximum absolute atomic E-state index is 13.5. The van der Waals surface area contributed by atoms with Crippen LogP contribution in [0.5, 0.6) is 0 Å². The number of H-pyrrole nitrogens is 1. The van der Waals surface area contributed by atoms with Crippen molar-refractivity contribution in [3.63, 3.8) is 0 Å². The fourth-order valence-electron chi connectivity index (χ4n) is 9.28. The van der Waals surface area contributed by atoms with Gasteiger partial charge in [0, 0.05) is 116 Å². The van der Waals surface area contributed by atoms with E-state index in [1.165, 1.54) is 0 Å². The molecule has 2 atom stereocenters. The lowest BCUT2D eigenvalue weighted by atomic mass is 9.97. The predicted octanol–water partition coefficient (Wildman–Crippen LogP) is 2.80. The number of aromatic nitrogens is 6. The minimum atomic E-state index is -1.32. The molecular weight excluding hydrogens is 845 g/mol. The van der Waals surface area contributed by atoms with E-state index in [1.807, 2.05) is 59.4 Å². The van der Waals surface area contributed by atoms with E-state index >= 15 is 0 Å². The number of imide groups is 2. The van der Waals surface area contributed by atoms with E-state index in [0.717, 1.165) is 54.0 Å². The van der Waals surface area contributed by atoms with Crippen LogP contribution in [0, 0.1) is 0 Å². The van der Waals surface area contributed by atoms with Crippen LogP contribution in [0.3, 0.4) is 0 Å². The number of aromatic amines is 1. The van der Waals surface area contributed by atoms with Crippen molar-refractivity contribution >= 4 is 74.1 Å². The van der Waals surface area contributed by atoms with Crippen molar-refractivity contribution in [2.75, 3.05) is 62.7 Å². The van der Waals surface area contributed by atoms with Crippen molar-refractivity contribution in [1.29, 1.82) is 0 Å². The van der Waals surface area contributed by atoms with Crippen LogP contribution in [0.4, 0.5) is 11.6 Å². The molecule has 66 heavy (non-hydrogen) atoms. The van der Waals surface area contributed by atoms with Crippen LogP contribution in [-0.2, 0) is 36.9 Å². The molecule has 3 aromatic heterocycles. The molecule has 0 radical (unpaired) electrons. The predicted molar refractivity (Wildman–Crippen MR) is 242 cm³/mol. The van der Waals surface area contributed by atoms with Gasteiger partial charge < -0.3 is 25.0 Å². The van der Waals surface area contributed by atoms with E-state index in [-0.39, 0.29) is 24.3 Å². The van der Waals surface area contributed by atoms with Gasteiger partial charge in [0.15, 0.2) is 6.23 Å². The number of amides is 5. The first kappa shape index (κ1) is 42.6. The SMILES string of the molecule is O=C1CCC(N2C(=O)c3cccc(NCCc4cn(CCCCOCCN5CCN(c6nc(C7=C(c8c[nH]c9ccccc89)C(=O)NC7=O)c7ccccc7n6)CC5)nn4)c3C2O)C(=O)N1. The van der Waals surface area contributed by atoms with Gasteiger partial charge in [0.1, 0.15) is 6.04 Å². The Morgan fingerprint density at radius 3 is 2.45 bits per heavy atom. The van der Waals surface area contributed by atoms with E-state index < -0.39 is 35.9 Å². The number of piperidine rings is 1. The number of para-hydroxylation sites is 2. The largest absolute Gasteiger partial charge is 0.384 e. The van der Waals surface area contributed by atoms with Gasteiger partial charge in [-0.25, -0.2) is 9.97 Å². The van der Waals surface area contributed by atoms with Gasteiger partial charge in [-0.1, -0.05) is 47.7 Å². The zero-order chi connectivity index (χ0) is 45.3. The van der Waals surface area contributed by atoms with E-state index in [4.69, 9.17) is 14.7 Å². The van der Waals surface area contributed by atoms with Crippen molar-refractivity contribution < 1.29 is 33.8 Å². The molecule has 19 nitrogen and oxygen atoms in total. The first-order chi connectivity index (χ1) is 32.2. The molecule has 7 heterocycles. The van der Waals surface area contributed by atoms with Crippen LogP contribution >= 0.6 is 0 Å². The van der Waals surface area contributed by atoms with E-state index in [9.17, 15) is 29.1 Å². The fourth-order valence-corrected chi connectivity index (χ4v) is 9.28. The smallest absolute Gasteiger partial charge is 0.261 e. The monoisotopic (exact) mass is 892 g/mol. The van der Waals surface area contributed by atoms with Crippen LogP contribution in [-0.4, -0.2) is 133 Å². The molecule has 0 spiro atoms. The summed E-state index contributed by atoms with van der Waals surface area (Å²) in [7, 11) is 0. The van der Waals surface area contributed by atoms with Gasteiger partial charge in [0.25, 0.3) is 17.7 Å². The maximum atomic E-state index is 13.5. The number of hydrogen-bond donors (Lipinski definition) is 5. The number of nitrogens with zero attached hydrogens (tertiary/aromatic N) is 8. The van der Waals surface area contributed by atoms with Crippen LogP contribution in [0.15, 0.2) is 79.1 Å². The molecule has 338 valence electrons. The van der Waals surface area contributed by atoms with Crippen molar-refractivity contribution in [1.82, 2.24) is 50.4 Å². The fraction of sp³-hybridized carbons (Fsp3) is 0.340. The molecule has 4 aliphatic heterocycles. The summed E-state index contributed by atoms with van der Waals surface area (Å²) in [6, 6.07) is 19.5. The minimum Gasteiger partial charge on any atom is -0.384 e. The molecule has 10 rings (SSSR count). The van der Waals surface area contributed by atoms with Crippen molar-refractivity contribution in [2.45, 2.75) is 50.9 Å². The van der Waals surface area contributed by atoms with Gasteiger partial charge in [-0.05, 0) is 43.5 Å². The Bertz CT molecular complexity index is 2920. The molecule has 19 heteroatoms. The summed E-state index contributed by atoms with van der Waals surface area (Å²) >= 11 is 0. The number of carbonyl (C=O) groups excluding carboxylic acids is 5. The zero-order valence-corrected chi connectivity index (χ0v) is 36.0. The summed E-state index contributed by atoms with van der Waals surface area (Å²) < 4.78 is 7.83. The molecular formula is C47H48N12O7. The number of carbonyl (C=O) groups is 5. The average molecular weight is 893 g/mol. The Morgan fingerprint density at radius 1 is 0.803 bits per heavy atom. The Balaban J connectivity index is 0.667. The lowest BCUT2D eigenvalue weighted by molar-refractivity contribution is -0.139. The number of piperazine rings is 1. The molecule has 2 saturated heterocycles. The average Bonchev–Trinajstić information content (AvgIpc) is 4.09. The third kappa shape index (κ3) is 8.27. The molecule has 2 unspecified atom stereocenters. The number of hydrogen-bond acceptors (Lipinski definition) is 14. The van der Waals surface area contributed by atoms with Crippen LogP contribution < -0.4 is 20.9 Å². The number of aryl methyl sites for hydroxylation is 1. The Kier molecular flexibility index (Phi) is 11.8. The van der Waals surface area contributed by atoms with Gasteiger partial charge in [-0.2, -0.15) is 0 Å². The van der Waals surface area contributed by atoms with Gasteiger partial charge >= 0.3 is 0 Å². The number of aliphatic hydroxyl groups is 1. The quantitative estimate of drug-likeness (QED) is 0.0695. The highest BCUT2D eigenvalue weighted by Crippen LogP contribution is 2.40. The Hall–Kier alpha value is -7.35. The Labute approximate surface area is 378 Å². The third-order valence-electron chi connectivity index (χ3n) is 12.7. The molecule has 4 aliphatic rings. The van der Waals surface area contributed by atoms with Gasteiger partial charge in [-0.3, -0.25) is 49.1 Å². The van der Waals surface area contributed by atoms with Crippen LogP contribution in [0.1, 0.15) is 64.8 Å². The number of rotatable bonds is 16. The summed E-state index contributed by atoms with van der Waals surface area (Å²) in [5.41, 5.74) is 5.31. The van der Waals surface area contributed by atoms with Crippen molar-refractivity contribution in [3.05, 3.63) is 107 Å². The number of fused-ring (bicyclic) bond motifs is 3. The summed E-state index contributed by atoms with van der Waals surface area (Å²) in [5.74, 6) is -1.83. The van der Waals surface area contributed by atoms with E-state index in [1.54, 1.807) is 24.4 Å². The topological polar surface area (TPSA) is 233 Å². The molecule has 6 aromatic rings. The van der Waals surface area contributed by atoms with E-state index in [2.05, 4.69) is 41.0 Å². The summed E-state index contributed by atoms with van der Waals surface area (Å²) in [6.45, 7) is 6.17. The number of benzene rings is 3. The lowest BCUT2D eigenvalue weighted by Gasteiger charge is -2.34. The standard InChI is InChI=1S/C47H48N12O7/c60-37-15-14-36(42(61)51-37)59-45(64)31-10-7-13-35(38(31)46(59)65)48-17-16-28-27-58(55-54-28)18-5-6-24-66-25-23-56-19-21-57(22-20-56)47-50-34-12-4-2-9-30(34)41(52-47)40-39(43(62)53-44(40)63)32-26-49-33-11-3-1-8-29(32)33/h1-4,7-13,26-27,36,46,48-49,65H,5-6,14-25H2,(H,51,60,61)(H,53,62,63).